The summed E-state index contributed by atoms with van der Waals surface area (Å²) in [5.74, 6) is 0. The molecule has 1 aliphatic rings. The van der Waals surface area contributed by atoms with Crippen LogP contribution in [0.25, 0.3) is 0 Å². The predicted octanol–water partition coefficient (Wildman–Crippen LogP) is 0.541. The van der Waals surface area contributed by atoms with Gasteiger partial charge < -0.3 is 19.9 Å². The molecule has 0 aromatic rings. The molecule has 2 unspecified atom stereocenters. The third-order valence-electron chi connectivity index (χ3n) is 2.28. The highest BCUT2D eigenvalue weighted by atomic mass is 16.5. The zero-order valence-electron chi connectivity index (χ0n) is 9.95. The van der Waals surface area contributed by atoms with E-state index in [0.717, 1.165) is 19.6 Å². The summed E-state index contributed by atoms with van der Waals surface area (Å²) in [7, 11) is 0. The van der Waals surface area contributed by atoms with E-state index >= 15 is 0 Å². The van der Waals surface area contributed by atoms with Gasteiger partial charge in [-0.2, -0.15) is 0 Å². The highest BCUT2D eigenvalue weighted by Gasteiger charge is 2.17. The highest BCUT2D eigenvalue weighted by molar-refractivity contribution is 4.73. The first-order valence-electron chi connectivity index (χ1n) is 5.60. The molecule has 0 spiro atoms. The number of nitrogens with one attached hydrogen (secondary N) is 1. The standard InChI is InChI=1S/C11H23NO3/c1-11(2,3)15-8-10(13)6-12-9-4-5-14-7-9/h9-10,12-13H,4-8H2,1-3H3. The molecule has 4 heteroatoms. The topological polar surface area (TPSA) is 50.7 Å². The molecular weight excluding hydrogens is 194 g/mol. The van der Waals surface area contributed by atoms with Crippen molar-refractivity contribution >= 4 is 0 Å². The van der Waals surface area contributed by atoms with Crippen molar-refractivity contribution in [2.45, 2.75) is 44.9 Å². The number of rotatable bonds is 5. The average Bonchev–Trinajstić information content (AvgIpc) is 2.62. The Bertz CT molecular complexity index is 173. The molecule has 0 radical (unpaired) electrons. The molecule has 0 aromatic carbocycles. The number of hydrogen-bond donors (Lipinski definition) is 2. The van der Waals surface area contributed by atoms with Crippen LogP contribution in [0.5, 0.6) is 0 Å². The third-order valence-corrected chi connectivity index (χ3v) is 2.28. The molecule has 1 aliphatic heterocycles. The Morgan fingerprint density at radius 2 is 2.27 bits per heavy atom. The lowest BCUT2D eigenvalue weighted by molar-refractivity contribution is -0.0483. The normalized spacial score (nSPS) is 24.4. The number of hydrogen-bond acceptors (Lipinski definition) is 4. The van der Waals surface area contributed by atoms with E-state index in [0.29, 0.717) is 19.2 Å². The molecule has 90 valence electrons. The first-order valence-corrected chi connectivity index (χ1v) is 5.60. The molecule has 2 N–H and O–H groups in total. The van der Waals surface area contributed by atoms with Crippen LogP contribution in [0.4, 0.5) is 0 Å². The lowest BCUT2D eigenvalue weighted by Gasteiger charge is -2.22. The van der Waals surface area contributed by atoms with E-state index in [1.807, 2.05) is 20.8 Å². The molecule has 1 fully saturated rings. The molecule has 0 amide bonds. The van der Waals surface area contributed by atoms with Crippen LogP contribution in [0.1, 0.15) is 27.2 Å². The Morgan fingerprint density at radius 3 is 2.80 bits per heavy atom. The van der Waals surface area contributed by atoms with Gasteiger partial charge in [-0.25, -0.2) is 0 Å². The van der Waals surface area contributed by atoms with Gasteiger partial charge in [-0.1, -0.05) is 0 Å². The summed E-state index contributed by atoms with van der Waals surface area (Å²) in [4.78, 5) is 0. The van der Waals surface area contributed by atoms with Crippen LogP contribution in [0, 0.1) is 0 Å². The average molecular weight is 217 g/mol. The molecule has 0 saturated carbocycles. The fourth-order valence-electron chi connectivity index (χ4n) is 1.40. The summed E-state index contributed by atoms with van der Waals surface area (Å²) in [5, 5.41) is 12.9. The molecule has 1 saturated heterocycles. The highest BCUT2D eigenvalue weighted by Crippen LogP contribution is 2.07. The van der Waals surface area contributed by atoms with Crippen molar-refractivity contribution < 1.29 is 14.6 Å². The summed E-state index contributed by atoms with van der Waals surface area (Å²) in [5.41, 5.74) is -0.183. The van der Waals surface area contributed by atoms with E-state index in [4.69, 9.17) is 9.47 Å². The predicted molar refractivity (Wildman–Crippen MR) is 58.9 cm³/mol. The SMILES string of the molecule is CC(C)(C)OCC(O)CNC1CCOC1. The largest absolute Gasteiger partial charge is 0.389 e. The van der Waals surface area contributed by atoms with Gasteiger partial charge in [0.05, 0.1) is 24.9 Å². The van der Waals surface area contributed by atoms with Gasteiger partial charge in [-0.05, 0) is 27.2 Å². The van der Waals surface area contributed by atoms with Crippen molar-refractivity contribution in [2.75, 3.05) is 26.4 Å². The minimum atomic E-state index is -0.440. The van der Waals surface area contributed by atoms with Crippen molar-refractivity contribution in [2.24, 2.45) is 0 Å². The quantitative estimate of drug-likeness (QED) is 0.706. The molecule has 0 aromatic heterocycles. The Kier molecular flexibility index (Phi) is 4.99. The Labute approximate surface area is 92.0 Å². The maximum atomic E-state index is 9.64. The van der Waals surface area contributed by atoms with Crippen molar-refractivity contribution in [1.82, 2.24) is 5.32 Å². The van der Waals surface area contributed by atoms with E-state index in [1.165, 1.54) is 0 Å². The van der Waals surface area contributed by atoms with Crippen LogP contribution >= 0.6 is 0 Å². The fourth-order valence-corrected chi connectivity index (χ4v) is 1.40. The van der Waals surface area contributed by atoms with Gasteiger partial charge in [0.15, 0.2) is 0 Å². The second-order valence-corrected chi connectivity index (χ2v) is 5.05. The minimum absolute atomic E-state index is 0.183. The number of aliphatic hydroxyl groups excluding tert-OH is 1. The molecule has 4 nitrogen and oxygen atoms in total. The Balaban J connectivity index is 2.05. The minimum Gasteiger partial charge on any atom is -0.389 e. The zero-order valence-corrected chi connectivity index (χ0v) is 9.95. The van der Waals surface area contributed by atoms with Crippen molar-refractivity contribution in [3.05, 3.63) is 0 Å². The van der Waals surface area contributed by atoms with Crippen molar-refractivity contribution in [1.29, 1.82) is 0 Å². The Hall–Kier alpha value is -0.160. The van der Waals surface area contributed by atoms with Gasteiger partial charge in [0.2, 0.25) is 0 Å². The van der Waals surface area contributed by atoms with E-state index in [2.05, 4.69) is 5.32 Å². The van der Waals surface area contributed by atoms with Crippen LogP contribution in [-0.2, 0) is 9.47 Å². The molecule has 15 heavy (non-hydrogen) atoms. The summed E-state index contributed by atoms with van der Waals surface area (Å²) in [6.45, 7) is 8.49. The van der Waals surface area contributed by atoms with Gasteiger partial charge >= 0.3 is 0 Å². The van der Waals surface area contributed by atoms with E-state index in [-0.39, 0.29) is 5.60 Å². The second-order valence-electron chi connectivity index (χ2n) is 5.05. The van der Waals surface area contributed by atoms with Crippen LogP contribution in [0.2, 0.25) is 0 Å². The van der Waals surface area contributed by atoms with Crippen LogP contribution in [0.3, 0.4) is 0 Å². The van der Waals surface area contributed by atoms with Crippen LogP contribution in [-0.4, -0.2) is 49.2 Å². The molecular formula is C11H23NO3. The lowest BCUT2D eigenvalue weighted by Crippen LogP contribution is -2.39. The molecule has 2 atom stereocenters. The van der Waals surface area contributed by atoms with Crippen molar-refractivity contribution in [3.8, 4) is 0 Å². The number of ether oxygens (including phenoxy) is 2. The van der Waals surface area contributed by atoms with E-state index in [1.54, 1.807) is 0 Å². The monoisotopic (exact) mass is 217 g/mol. The first kappa shape index (κ1) is 12.9. The Morgan fingerprint density at radius 1 is 1.53 bits per heavy atom. The lowest BCUT2D eigenvalue weighted by atomic mass is 10.2. The van der Waals surface area contributed by atoms with Gasteiger partial charge in [0.1, 0.15) is 0 Å². The second kappa shape index (κ2) is 5.80. The zero-order chi connectivity index (χ0) is 11.3. The fraction of sp³-hybridized carbons (Fsp3) is 1.00. The summed E-state index contributed by atoms with van der Waals surface area (Å²) in [6, 6.07) is 0.397. The summed E-state index contributed by atoms with van der Waals surface area (Å²) >= 11 is 0. The van der Waals surface area contributed by atoms with E-state index in [9.17, 15) is 5.11 Å². The number of aliphatic hydroxyl groups is 1. The smallest absolute Gasteiger partial charge is 0.0898 e. The van der Waals surface area contributed by atoms with Crippen LogP contribution in [0.15, 0.2) is 0 Å². The van der Waals surface area contributed by atoms with Gasteiger partial charge in [-0.3, -0.25) is 0 Å². The molecule has 1 rings (SSSR count). The molecule has 0 bridgehead atoms. The van der Waals surface area contributed by atoms with Gasteiger partial charge in [0.25, 0.3) is 0 Å². The van der Waals surface area contributed by atoms with Crippen molar-refractivity contribution in [3.63, 3.8) is 0 Å². The van der Waals surface area contributed by atoms with Gasteiger partial charge in [0, 0.05) is 19.2 Å². The summed E-state index contributed by atoms with van der Waals surface area (Å²) in [6.07, 6.45) is 0.595. The van der Waals surface area contributed by atoms with Gasteiger partial charge in [-0.15, -0.1) is 0 Å². The molecule has 1 heterocycles. The summed E-state index contributed by atoms with van der Waals surface area (Å²) < 4.78 is 10.7. The van der Waals surface area contributed by atoms with Crippen LogP contribution < -0.4 is 5.32 Å². The van der Waals surface area contributed by atoms with E-state index < -0.39 is 6.10 Å². The maximum Gasteiger partial charge on any atom is 0.0898 e. The maximum absolute atomic E-state index is 9.64. The first-order chi connectivity index (χ1) is 6.97. The molecule has 0 aliphatic carbocycles. The third kappa shape index (κ3) is 6.10.